The van der Waals surface area contributed by atoms with Crippen LogP contribution < -0.4 is 0 Å². The van der Waals surface area contributed by atoms with Crippen LogP contribution in [-0.2, 0) is 5.41 Å². The van der Waals surface area contributed by atoms with Gasteiger partial charge in [0.1, 0.15) is 0 Å². The minimum Gasteiger partial charge on any atom is -0.253 e. The number of allylic oxidation sites excluding steroid dienone is 5. The minimum absolute atomic E-state index is 0.202. The van der Waals surface area contributed by atoms with Crippen LogP contribution in [0.3, 0.4) is 0 Å². The van der Waals surface area contributed by atoms with E-state index in [1.807, 2.05) is 0 Å². The second-order valence-electron chi connectivity index (χ2n) is 10.2. The lowest BCUT2D eigenvalue weighted by atomic mass is 9.86. The first-order chi connectivity index (χ1) is 15.6. The number of hydrogen-bond donors (Lipinski definition) is 0. The summed E-state index contributed by atoms with van der Waals surface area (Å²) in [6.07, 6.45) is 7.67. The Bertz CT molecular complexity index is 1240. The lowest BCUT2D eigenvalue weighted by molar-refractivity contribution is 0.590. The zero-order valence-corrected chi connectivity index (χ0v) is 22.0. The second kappa shape index (κ2) is 8.91. The molecule has 0 N–H and O–H groups in total. The van der Waals surface area contributed by atoms with Crippen molar-refractivity contribution >= 4 is 22.0 Å². The van der Waals surface area contributed by atoms with E-state index in [1.165, 1.54) is 55.8 Å². The molecule has 0 aromatic heterocycles. The topological polar surface area (TPSA) is 12.4 Å². The maximum atomic E-state index is 4.43. The number of aliphatic imine (C=N–C) groups is 1. The number of rotatable bonds is 2. The van der Waals surface area contributed by atoms with Crippen LogP contribution in [0.5, 0.6) is 0 Å². The summed E-state index contributed by atoms with van der Waals surface area (Å²) in [5.41, 5.74) is 15.2. The summed E-state index contributed by atoms with van der Waals surface area (Å²) >= 11 is 0. The third-order valence-corrected chi connectivity index (χ3v) is 7.65. The zero-order valence-electron chi connectivity index (χ0n) is 21.0. The molecule has 0 spiro atoms. The summed E-state index contributed by atoms with van der Waals surface area (Å²) in [7, 11) is 3.90. The van der Waals surface area contributed by atoms with E-state index in [9.17, 15) is 0 Å². The van der Waals surface area contributed by atoms with Crippen LogP contribution in [0.25, 0.3) is 17.2 Å². The third-order valence-electron chi connectivity index (χ3n) is 6.97. The zero-order chi connectivity index (χ0) is 23.9. The average Bonchev–Trinajstić information content (AvgIpc) is 3.41. The number of hydrogen-bond acceptors (Lipinski definition) is 1. The molecule has 2 heteroatoms. The van der Waals surface area contributed by atoms with Crippen molar-refractivity contribution in [2.45, 2.75) is 65.8 Å². The van der Waals surface area contributed by atoms with Crippen molar-refractivity contribution < 1.29 is 0 Å². The summed E-state index contributed by atoms with van der Waals surface area (Å²) in [5, 5.41) is 0. The van der Waals surface area contributed by atoms with E-state index in [0.29, 0.717) is 5.54 Å². The van der Waals surface area contributed by atoms with Gasteiger partial charge < -0.3 is 0 Å². The highest BCUT2D eigenvalue weighted by Gasteiger charge is 2.23. The van der Waals surface area contributed by atoms with E-state index < -0.39 is 0 Å². The van der Waals surface area contributed by atoms with Crippen molar-refractivity contribution in [1.82, 2.24) is 0 Å². The summed E-state index contributed by atoms with van der Waals surface area (Å²) in [4.78, 5) is 4.43. The molecule has 0 bridgehead atoms. The molecule has 5 rings (SSSR count). The highest BCUT2D eigenvalue weighted by molar-refractivity contribution is 6.16. The Labute approximate surface area is 203 Å². The standard InChI is InChI=1S/C21H23Si.C10H11N/c1-5-14-13-19-17(7-6-8-18(19)20(14)22)15-9-11-16(12-10-15)21(2,3)4;1-6-4-5-9-10(6)7(2)8(3)11-9/h6-13,20H,5H2,1-4H3;4-5H,1-3H3. The molecule has 2 aromatic carbocycles. The molecule has 0 saturated heterocycles. The molecule has 0 saturated carbocycles. The Morgan fingerprint density at radius 3 is 2.24 bits per heavy atom. The van der Waals surface area contributed by atoms with E-state index in [2.05, 4.69) is 124 Å². The third kappa shape index (κ3) is 4.41. The van der Waals surface area contributed by atoms with Crippen molar-refractivity contribution in [3.8, 4) is 11.1 Å². The van der Waals surface area contributed by atoms with Gasteiger partial charge in [-0.3, -0.25) is 4.99 Å². The normalized spacial score (nSPS) is 18.7. The van der Waals surface area contributed by atoms with Gasteiger partial charge in [0.25, 0.3) is 0 Å². The van der Waals surface area contributed by atoms with Crippen molar-refractivity contribution in [3.63, 3.8) is 0 Å². The monoisotopic (exact) mass is 448 g/mol. The fourth-order valence-electron chi connectivity index (χ4n) is 4.77. The quantitative estimate of drug-likeness (QED) is 0.410. The molecule has 167 valence electrons. The summed E-state index contributed by atoms with van der Waals surface area (Å²) in [6, 6.07) is 15.7. The fourth-order valence-corrected chi connectivity index (χ4v) is 5.31. The van der Waals surface area contributed by atoms with Gasteiger partial charge >= 0.3 is 0 Å². The van der Waals surface area contributed by atoms with Gasteiger partial charge in [0, 0.05) is 21.5 Å². The van der Waals surface area contributed by atoms with Crippen molar-refractivity contribution in [1.29, 1.82) is 0 Å². The number of fused-ring (bicyclic) bond motifs is 2. The van der Waals surface area contributed by atoms with Crippen LogP contribution in [0.1, 0.15) is 77.1 Å². The van der Waals surface area contributed by atoms with Gasteiger partial charge in [-0.1, -0.05) is 87.9 Å². The predicted octanol–water partition coefficient (Wildman–Crippen LogP) is 8.29. The predicted molar refractivity (Wildman–Crippen MR) is 145 cm³/mol. The van der Waals surface area contributed by atoms with Crippen LogP contribution in [0, 0.1) is 0 Å². The molecule has 2 aromatic rings. The molecule has 3 aliphatic rings. The average molecular weight is 449 g/mol. The Morgan fingerprint density at radius 2 is 1.64 bits per heavy atom. The molecular formula is C31H34NSi. The molecule has 1 aliphatic heterocycles. The molecule has 3 radical (unpaired) electrons. The van der Waals surface area contributed by atoms with Crippen LogP contribution in [0.2, 0.25) is 0 Å². The molecule has 1 unspecified atom stereocenters. The molecule has 1 atom stereocenters. The number of nitrogens with zero attached hydrogens (tertiary/aromatic N) is 1. The maximum Gasteiger partial charge on any atom is 0.0711 e. The molecule has 0 fully saturated rings. The first-order valence-corrected chi connectivity index (χ1v) is 12.5. The van der Waals surface area contributed by atoms with Gasteiger partial charge in [0.2, 0.25) is 0 Å². The Balaban J connectivity index is 0.000000196. The molecule has 2 aliphatic carbocycles. The Kier molecular flexibility index (Phi) is 6.33. The van der Waals surface area contributed by atoms with Crippen molar-refractivity contribution in [2.75, 3.05) is 0 Å². The Hall–Kier alpha value is -2.71. The fraction of sp³-hybridized carbons (Fsp3) is 0.323. The van der Waals surface area contributed by atoms with Gasteiger partial charge in [-0.2, -0.15) is 0 Å². The van der Waals surface area contributed by atoms with E-state index in [1.54, 1.807) is 0 Å². The largest absolute Gasteiger partial charge is 0.253 e. The number of benzene rings is 2. The van der Waals surface area contributed by atoms with Crippen LogP contribution >= 0.6 is 0 Å². The first kappa shape index (κ1) is 23.4. The van der Waals surface area contributed by atoms with Crippen LogP contribution in [0.4, 0.5) is 0 Å². The van der Waals surface area contributed by atoms with E-state index in [4.69, 9.17) is 0 Å². The second-order valence-corrected chi connectivity index (χ2v) is 10.8. The molecule has 1 heterocycles. The lowest BCUT2D eigenvalue weighted by Gasteiger charge is -2.19. The summed E-state index contributed by atoms with van der Waals surface area (Å²) in [5.74, 6) is 0. The molecular weight excluding hydrogens is 414 g/mol. The molecule has 1 nitrogen and oxygen atoms in total. The SMILES string of the molecule is CC1=CC=C2N=C(C)C(C)=C12.CCC1=Cc2c(-c3ccc(C(C)(C)C)cc3)cccc2C1[Si]. The van der Waals surface area contributed by atoms with Gasteiger partial charge in [-0.05, 0) is 83.2 Å². The maximum absolute atomic E-state index is 4.43. The van der Waals surface area contributed by atoms with Crippen molar-refractivity contribution in [2.24, 2.45) is 4.99 Å². The van der Waals surface area contributed by atoms with Gasteiger partial charge in [0.15, 0.2) is 0 Å². The van der Waals surface area contributed by atoms with Crippen molar-refractivity contribution in [3.05, 3.63) is 99.3 Å². The summed E-state index contributed by atoms with van der Waals surface area (Å²) < 4.78 is 0. The van der Waals surface area contributed by atoms with E-state index in [0.717, 1.165) is 12.1 Å². The van der Waals surface area contributed by atoms with E-state index >= 15 is 0 Å². The minimum atomic E-state index is 0.202. The highest BCUT2D eigenvalue weighted by Crippen LogP contribution is 2.41. The Morgan fingerprint density at radius 1 is 0.939 bits per heavy atom. The van der Waals surface area contributed by atoms with Gasteiger partial charge in [-0.25, -0.2) is 0 Å². The van der Waals surface area contributed by atoms with Crippen LogP contribution in [-0.4, -0.2) is 16.0 Å². The summed E-state index contributed by atoms with van der Waals surface area (Å²) in [6.45, 7) is 15.3. The van der Waals surface area contributed by atoms with Crippen LogP contribution in [0.15, 0.2) is 87.6 Å². The van der Waals surface area contributed by atoms with E-state index in [-0.39, 0.29) is 5.41 Å². The smallest absolute Gasteiger partial charge is 0.0711 e. The molecule has 0 amide bonds. The van der Waals surface area contributed by atoms with Gasteiger partial charge in [-0.15, -0.1) is 0 Å². The highest BCUT2D eigenvalue weighted by atomic mass is 28.1. The van der Waals surface area contributed by atoms with Gasteiger partial charge in [0.05, 0.1) is 5.70 Å². The molecule has 33 heavy (non-hydrogen) atoms. The lowest BCUT2D eigenvalue weighted by Crippen LogP contribution is -2.10. The first-order valence-electron chi connectivity index (χ1n) is 11.9.